The molecule has 0 amide bonds. The van der Waals surface area contributed by atoms with E-state index in [-0.39, 0.29) is 0 Å². The fourth-order valence-electron chi connectivity index (χ4n) is 3.07. The zero-order valence-corrected chi connectivity index (χ0v) is 13.3. The van der Waals surface area contributed by atoms with Crippen LogP contribution >= 0.6 is 0 Å². The normalized spacial score (nSPS) is 19.1. The van der Waals surface area contributed by atoms with Crippen molar-refractivity contribution in [1.82, 2.24) is 15.0 Å². The fourth-order valence-corrected chi connectivity index (χ4v) is 3.07. The maximum Gasteiger partial charge on any atom is 0.231 e. The van der Waals surface area contributed by atoms with Gasteiger partial charge in [0.2, 0.25) is 17.8 Å². The topological polar surface area (TPSA) is 57.2 Å². The Hall–Kier alpha value is -1.85. The van der Waals surface area contributed by atoms with Crippen molar-refractivity contribution in [3.8, 4) is 0 Å². The lowest BCUT2D eigenvalue weighted by molar-refractivity contribution is 0.556. The second-order valence-corrected chi connectivity index (χ2v) is 6.02. The summed E-state index contributed by atoms with van der Waals surface area (Å²) < 4.78 is 0. The first-order valence-corrected chi connectivity index (χ1v) is 8.47. The summed E-state index contributed by atoms with van der Waals surface area (Å²) in [6.07, 6.45) is 9.33. The zero-order valence-electron chi connectivity index (χ0n) is 13.3. The Bertz CT molecular complexity index is 455. The van der Waals surface area contributed by atoms with Gasteiger partial charge in [-0.05, 0) is 38.5 Å². The average molecular weight is 302 g/mol. The Labute approximate surface area is 132 Å². The van der Waals surface area contributed by atoms with E-state index < -0.39 is 0 Å². The molecule has 2 aliphatic heterocycles. The molecule has 3 heterocycles. The highest BCUT2D eigenvalue weighted by Crippen LogP contribution is 2.22. The maximum absolute atomic E-state index is 4.75. The van der Waals surface area contributed by atoms with E-state index in [1.807, 2.05) is 6.08 Å². The van der Waals surface area contributed by atoms with Crippen molar-refractivity contribution >= 4 is 17.8 Å². The smallest absolute Gasteiger partial charge is 0.231 e. The van der Waals surface area contributed by atoms with Crippen LogP contribution in [-0.2, 0) is 0 Å². The van der Waals surface area contributed by atoms with E-state index in [0.29, 0.717) is 12.5 Å². The summed E-state index contributed by atoms with van der Waals surface area (Å²) in [6, 6.07) is 0. The van der Waals surface area contributed by atoms with E-state index in [1.165, 1.54) is 38.5 Å². The largest absolute Gasteiger partial charge is 0.351 e. The highest BCUT2D eigenvalue weighted by Gasteiger charge is 2.20. The van der Waals surface area contributed by atoms with Gasteiger partial charge >= 0.3 is 0 Å². The molecule has 0 spiro atoms. The second-order valence-electron chi connectivity index (χ2n) is 6.02. The van der Waals surface area contributed by atoms with E-state index in [2.05, 4.69) is 31.7 Å². The first-order valence-electron chi connectivity index (χ1n) is 8.47. The van der Waals surface area contributed by atoms with Gasteiger partial charge in [0.15, 0.2) is 0 Å². The molecule has 2 fully saturated rings. The van der Waals surface area contributed by atoms with Crippen LogP contribution < -0.4 is 15.1 Å². The van der Waals surface area contributed by atoms with Crippen molar-refractivity contribution in [3.63, 3.8) is 0 Å². The van der Waals surface area contributed by atoms with Crippen LogP contribution in [0.3, 0.4) is 0 Å². The van der Waals surface area contributed by atoms with E-state index in [0.717, 1.165) is 38.1 Å². The van der Waals surface area contributed by atoms with Crippen molar-refractivity contribution in [2.45, 2.75) is 38.5 Å². The summed E-state index contributed by atoms with van der Waals surface area (Å²) in [4.78, 5) is 18.5. The first-order chi connectivity index (χ1) is 10.9. The molecule has 0 aliphatic carbocycles. The molecule has 1 aromatic heterocycles. The SMILES string of the molecule is C=CCNc1nc(N2CCCCC2)nc(N2CCCCC2)n1. The average Bonchev–Trinajstić information content (AvgIpc) is 2.61. The van der Waals surface area contributed by atoms with Crippen LogP contribution in [0, 0.1) is 0 Å². The molecular weight excluding hydrogens is 276 g/mol. The lowest BCUT2D eigenvalue weighted by Gasteiger charge is -2.30. The third-order valence-electron chi connectivity index (χ3n) is 4.29. The molecule has 0 radical (unpaired) electrons. The van der Waals surface area contributed by atoms with Crippen LogP contribution in [0.1, 0.15) is 38.5 Å². The fraction of sp³-hybridized carbons (Fsp3) is 0.688. The third-order valence-corrected chi connectivity index (χ3v) is 4.29. The van der Waals surface area contributed by atoms with Crippen LogP contribution in [-0.4, -0.2) is 47.7 Å². The van der Waals surface area contributed by atoms with Crippen LogP contribution in [0.4, 0.5) is 17.8 Å². The molecule has 1 N–H and O–H groups in total. The molecule has 0 unspecified atom stereocenters. The number of aromatic nitrogens is 3. The van der Waals surface area contributed by atoms with Crippen LogP contribution in [0.15, 0.2) is 12.7 Å². The van der Waals surface area contributed by atoms with Crippen molar-refractivity contribution in [1.29, 1.82) is 0 Å². The second kappa shape index (κ2) is 7.42. The highest BCUT2D eigenvalue weighted by molar-refractivity contribution is 5.45. The predicted octanol–water partition coefficient (Wildman–Crippen LogP) is 2.45. The molecule has 3 rings (SSSR count). The van der Waals surface area contributed by atoms with Gasteiger partial charge in [0.1, 0.15) is 0 Å². The monoisotopic (exact) mass is 302 g/mol. The Kier molecular flexibility index (Phi) is 5.08. The lowest BCUT2D eigenvalue weighted by atomic mass is 10.1. The minimum Gasteiger partial charge on any atom is -0.351 e. The molecule has 0 bridgehead atoms. The van der Waals surface area contributed by atoms with Crippen molar-refractivity contribution in [2.75, 3.05) is 47.8 Å². The van der Waals surface area contributed by atoms with Crippen molar-refractivity contribution in [2.24, 2.45) is 0 Å². The highest BCUT2D eigenvalue weighted by atomic mass is 15.4. The molecule has 0 atom stereocenters. The number of hydrogen-bond acceptors (Lipinski definition) is 6. The Balaban J connectivity index is 1.84. The van der Waals surface area contributed by atoms with Crippen molar-refractivity contribution in [3.05, 3.63) is 12.7 Å². The number of rotatable bonds is 5. The maximum atomic E-state index is 4.75. The summed E-state index contributed by atoms with van der Waals surface area (Å²) in [5.41, 5.74) is 0. The molecule has 2 saturated heterocycles. The number of nitrogens with zero attached hydrogens (tertiary/aromatic N) is 5. The van der Waals surface area contributed by atoms with E-state index in [9.17, 15) is 0 Å². The van der Waals surface area contributed by atoms with E-state index >= 15 is 0 Å². The molecule has 6 heteroatoms. The van der Waals surface area contributed by atoms with Crippen LogP contribution in [0.5, 0.6) is 0 Å². The summed E-state index contributed by atoms with van der Waals surface area (Å²) >= 11 is 0. The van der Waals surface area contributed by atoms with Gasteiger partial charge in [-0.3, -0.25) is 0 Å². The molecule has 0 aromatic carbocycles. The zero-order chi connectivity index (χ0) is 15.2. The van der Waals surface area contributed by atoms with Gasteiger partial charge in [-0.2, -0.15) is 15.0 Å². The molecule has 120 valence electrons. The van der Waals surface area contributed by atoms with Crippen LogP contribution in [0.2, 0.25) is 0 Å². The van der Waals surface area contributed by atoms with E-state index in [4.69, 9.17) is 4.98 Å². The quantitative estimate of drug-likeness (QED) is 0.843. The minimum absolute atomic E-state index is 0.663. The minimum atomic E-state index is 0.663. The molecule has 0 saturated carbocycles. The standard InChI is InChI=1S/C16H26N6/c1-2-9-17-14-18-15(21-10-5-3-6-11-21)20-16(19-14)22-12-7-4-8-13-22/h2H,1,3-13H2,(H,17,18,19,20). The summed E-state index contributed by atoms with van der Waals surface area (Å²) in [5, 5.41) is 3.22. The summed E-state index contributed by atoms with van der Waals surface area (Å²) in [7, 11) is 0. The summed E-state index contributed by atoms with van der Waals surface area (Å²) in [6.45, 7) is 8.60. The van der Waals surface area contributed by atoms with Gasteiger partial charge in [0, 0.05) is 32.7 Å². The van der Waals surface area contributed by atoms with Gasteiger partial charge in [-0.15, -0.1) is 6.58 Å². The van der Waals surface area contributed by atoms with Gasteiger partial charge < -0.3 is 15.1 Å². The Morgan fingerprint density at radius 3 is 1.77 bits per heavy atom. The number of hydrogen-bond donors (Lipinski definition) is 1. The molecule has 2 aliphatic rings. The van der Waals surface area contributed by atoms with Gasteiger partial charge in [0.25, 0.3) is 0 Å². The van der Waals surface area contributed by atoms with Gasteiger partial charge in [-0.25, -0.2) is 0 Å². The molecule has 22 heavy (non-hydrogen) atoms. The predicted molar refractivity (Wildman–Crippen MR) is 90.6 cm³/mol. The molecule has 1 aromatic rings. The third kappa shape index (κ3) is 3.67. The summed E-state index contributed by atoms with van der Waals surface area (Å²) in [5.74, 6) is 2.31. The number of piperidine rings is 2. The molecular formula is C16H26N6. The van der Waals surface area contributed by atoms with Crippen LogP contribution in [0.25, 0.3) is 0 Å². The Morgan fingerprint density at radius 1 is 0.818 bits per heavy atom. The number of nitrogens with one attached hydrogen (secondary N) is 1. The van der Waals surface area contributed by atoms with E-state index in [1.54, 1.807) is 0 Å². The molecule has 6 nitrogen and oxygen atoms in total. The van der Waals surface area contributed by atoms with Gasteiger partial charge in [-0.1, -0.05) is 6.08 Å². The Morgan fingerprint density at radius 2 is 1.32 bits per heavy atom. The van der Waals surface area contributed by atoms with Gasteiger partial charge in [0.05, 0.1) is 0 Å². The number of anilines is 3. The first kappa shape index (κ1) is 15.1. The lowest BCUT2D eigenvalue weighted by Crippen LogP contribution is -2.34. The van der Waals surface area contributed by atoms with Crippen molar-refractivity contribution < 1.29 is 0 Å².